The van der Waals surface area contributed by atoms with Gasteiger partial charge in [0.2, 0.25) is 0 Å². The minimum Gasteiger partial charge on any atom is -0.496 e. The summed E-state index contributed by atoms with van der Waals surface area (Å²) in [7, 11) is 3.45. The van der Waals surface area contributed by atoms with E-state index in [4.69, 9.17) is 9.47 Å². The van der Waals surface area contributed by atoms with E-state index in [9.17, 15) is 0 Å². The van der Waals surface area contributed by atoms with Gasteiger partial charge < -0.3 is 20.1 Å². The van der Waals surface area contributed by atoms with Crippen molar-refractivity contribution in [3.63, 3.8) is 0 Å². The molecule has 0 bridgehead atoms. The highest BCUT2D eigenvalue weighted by Crippen LogP contribution is 2.27. The van der Waals surface area contributed by atoms with Crippen LogP contribution < -0.4 is 20.1 Å². The molecule has 1 atom stereocenters. The molecular weight excluding hydrogens is 429 g/mol. The topological polar surface area (TPSA) is 54.9 Å². The largest absolute Gasteiger partial charge is 0.496 e. The summed E-state index contributed by atoms with van der Waals surface area (Å²) in [5, 5.41) is 6.64. The summed E-state index contributed by atoms with van der Waals surface area (Å²) in [6.45, 7) is 1.36. The predicted octanol–water partition coefficient (Wildman–Crippen LogP) is 2.98. The number of rotatable bonds is 5. The van der Waals surface area contributed by atoms with E-state index in [0.29, 0.717) is 13.1 Å². The molecule has 2 N–H and O–H groups in total. The second kappa shape index (κ2) is 9.50. The summed E-state index contributed by atoms with van der Waals surface area (Å²) in [5.41, 5.74) is 2.36. The van der Waals surface area contributed by atoms with Crippen LogP contribution in [0.3, 0.4) is 0 Å². The molecule has 0 radical (unpaired) electrons. The summed E-state index contributed by atoms with van der Waals surface area (Å²) in [5.74, 6) is 2.61. The van der Waals surface area contributed by atoms with Gasteiger partial charge in [-0.25, -0.2) is 0 Å². The van der Waals surface area contributed by atoms with Crippen LogP contribution >= 0.6 is 24.0 Å². The number of benzene rings is 2. The lowest BCUT2D eigenvalue weighted by Gasteiger charge is -2.16. The molecule has 0 aliphatic carbocycles. The Morgan fingerprint density at radius 3 is 2.68 bits per heavy atom. The van der Waals surface area contributed by atoms with Gasteiger partial charge >= 0.3 is 0 Å². The third-order valence-corrected chi connectivity index (χ3v) is 4.07. The number of nitrogens with one attached hydrogen (secondary N) is 2. The maximum atomic E-state index is 5.94. The van der Waals surface area contributed by atoms with Crippen LogP contribution in [0.25, 0.3) is 0 Å². The van der Waals surface area contributed by atoms with E-state index in [1.165, 1.54) is 5.56 Å². The van der Waals surface area contributed by atoms with Crippen molar-refractivity contribution in [1.29, 1.82) is 0 Å². The molecule has 0 saturated carbocycles. The molecular formula is C19H24IN3O2. The molecule has 1 unspecified atom stereocenters. The van der Waals surface area contributed by atoms with Crippen molar-refractivity contribution in [2.24, 2.45) is 4.99 Å². The van der Waals surface area contributed by atoms with Crippen LogP contribution in [-0.4, -0.2) is 32.8 Å². The Labute approximate surface area is 165 Å². The van der Waals surface area contributed by atoms with Gasteiger partial charge in [-0.3, -0.25) is 4.99 Å². The molecule has 1 aliphatic rings. The van der Waals surface area contributed by atoms with Gasteiger partial charge in [-0.05, 0) is 17.7 Å². The number of fused-ring (bicyclic) bond motifs is 1. The normalized spacial score (nSPS) is 15.6. The lowest BCUT2D eigenvalue weighted by Crippen LogP contribution is -2.42. The average Bonchev–Trinajstić information content (AvgIpc) is 3.05. The highest BCUT2D eigenvalue weighted by molar-refractivity contribution is 14.0. The van der Waals surface area contributed by atoms with Gasteiger partial charge in [0.1, 0.15) is 17.6 Å². The van der Waals surface area contributed by atoms with E-state index >= 15 is 0 Å². The maximum absolute atomic E-state index is 5.94. The van der Waals surface area contributed by atoms with E-state index < -0.39 is 0 Å². The predicted molar refractivity (Wildman–Crippen MR) is 111 cm³/mol. The smallest absolute Gasteiger partial charge is 0.191 e. The zero-order chi connectivity index (χ0) is 16.8. The molecule has 0 saturated heterocycles. The fourth-order valence-corrected chi connectivity index (χ4v) is 2.83. The van der Waals surface area contributed by atoms with Gasteiger partial charge in [0.25, 0.3) is 0 Å². The zero-order valence-corrected chi connectivity index (χ0v) is 16.8. The molecule has 0 aromatic heterocycles. The van der Waals surface area contributed by atoms with Crippen LogP contribution in [0.15, 0.2) is 53.5 Å². The number of para-hydroxylation sites is 2. The van der Waals surface area contributed by atoms with Crippen molar-refractivity contribution in [2.75, 3.05) is 20.7 Å². The first kappa shape index (κ1) is 19.4. The number of ether oxygens (including phenoxy) is 2. The second-order valence-corrected chi connectivity index (χ2v) is 5.67. The van der Waals surface area contributed by atoms with Gasteiger partial charge in [-0.15, -0.1) is 24.0 Å². The number of aliphatic imine (C=N–C) groups is 1. The number of halogens is 1. The summed E-state index contributed by atoms with van der Waals surface area (Å²) < 4.78 is 11.3. The van der Waals surface area contributed by atoms with Crippen LogP contribution in [0.2, 0.25) is 0 Å². The lowest BCUT2D eigenvalue weighted by atomic mass is 10.1. The highest BCUT2D eigenvalue weighted by Gasteiger charge is 2.22. The lowest BCUT2D eigenvalue weighted by molar-refractivity contribution is 0.235. The molecule has 6 heteroatoms. The Bertz CT molecular complexity index is 696. The number of hydrogen-bond donors (Lipinski definition) is 2. The van der Waals surface area contributed by atoms with Gasteiger partial charge in [-0.2, -0.15) is 0 Å². The van der Waals surface area contributed by atoms with Crippen LogP contribution in [0.1, 0.15) is 11.1 Å². The first-order valence-electron chi connectivity index (χ1n) is 8.11. The third kappa shape index (κ3) is 5.01. The molecule has 5 nitrogen and oxygen atoms in total. The number of guanidine groups is 1. The van der Waals surface area contributed by atoms with Gasteiger partial charge in [0, 0.05) is 25.6 Å². The number of hydrogen-bond acceptors (Lipinski definition) is 3. The van der Waals surface area contributed by atoms with E-state index in [-0.39, 0.29) is 30.1 Å². The molecule has 1 heterocycles. The minimum absolute atomic E-state index is 0. The summed E-state index contributed by atoms with van der Waals surface area (Å²) >= 11 is 0. The highest BCUT2D eigenvalue weighted by atomic mass is 127. The van der Waals surface area contributed by atoms with E-state index in [1.54, 1.807) is 14.2 Å². The molecule has 0 spiro atoms. The summed E-state index contributed by atoms with van der Waals surface area (Å²) in [6, 6.07) is 16.1. The van der Waals surface area contributed by atoms with Crippen LogP contribution in [-0.2, 0) is 13.0 Å². The van der Waals surface area contributed by atoms with E-state index in [2.05, 4.69) is 21.7 Å². The number of methoxy groups -OCH3 is 1. The fourth-order valence-electron chi connectivity index (χ4n) is 2.83. The first-order chi connectivity index (χ1) is 11.8. The SMILES string of the molecule is CN=C(NCc1ccccc1OC)NCC1Cc2ccccc2O1.I. The van der Waals surface area contributed by atoms with Crippen molar-refractivity contribution >= 4 is 29.9 Å². The quantitative estimate of drug-likeness (QED) is 0.416. The van der Waals surface area contributed by atoms with Crippen LogP contribution in [0.4, 0.5) is 0 Å². The molecule has 2 aromatic rings. The average molecular weight is 453 g/mol. The van der Waals surface area contributed by atoms with E-state index in [0.717, 1.165) is 29.4 Å². The summed E-state index contributed by atoms with van der Waals surface area (Å²) in [6.07, 6.45) is 1.05. The molecule has 1 aliphatic heterocycles. The van der Waals surface area contributed by atoms with Crippen molar-refractivity contribution in [3.8, 4) is 11.5 Å². The van der Waals surface area contributed by atoms with Crippen LogP contribution in [0.5, 0.6) is 11.5 Å². The summed E-state index contributed by atoms with van der Waals surface area (Å²) in [4.78, 5) is 4.27. The van der Waals surface area contributed by atoms with Gasteiger partial charge in [-0.1, -0.05) is 36.4 Å². The Morgan fingerprint density at radius 2 is 1.92 bits per heavy atom. The molecule has 134 valence electrons. The number of nitrogens with zero attached hydrogens (tertiary/aromatic N) is 1. The maximum Gasteiger partial charge on any atom is 0.191 e. The molecule has 0 amide bonds. The molecule has 0 fully saturated rings. The van der Waals surface area contributed by atoms with Crippen molar-refractivity contribution in [2.45, 2.75) is 19.1 Å². The van der Waals surface area contributed by atoms with Crippen molar-refractivity contribution < 1.29 is 9.47 Å². The van der Waals surface area contributed by atoms with Crippen LogP contribution in [0, 0.1) is 0 Å². The molecule has 25 heavy (non-hydrogen) atoms. The Hall–Kier alpha value is -1.96. The van der Waals surface area contributed by atoms with E-state index in [1.807, 2.05) is 42.5 Å². The van der Waals surface area contributed by atoms with Gasteiger partial charge in [0.15, 0.2) is 5.96 Å². The Balaban J connectivity index is 0.00000225. The molecule has 3 rings (SSSR count). The standard InChI is InChI=1S/C19H23N3O2.HI/c1-20-19(21-12-15-8-4-5-9-17(15)23-2)22-13-16-11-14-7-3-6-10-18(14)24-16;/h3-10,16H,11-13H2,1-2H3,(H2,20,21,22);1H. The second-order valence-electron chi connectivity index (χ2n) is 5.67. The molecule has 2 aromatic carbocycles. The Kier molecular flexibility index (Phi) is 7.36. The first-order valence-corrected chi connectivity index (χ1v) is 8.11. The third-order valence-electron chi connectivity index (χ3n) is 4.07. The van der Waals surface area contributed by atoms with Gasteiger partial charge in [0.05, 0.1) is 13.7 Å². The Morgan fingerprint density at radius 1 is 1.16 bits per heavy atom. The van der Waals surface area contributed by atoms with Crippen molar-refractivity contribution in [3.05, 3.63) is 59.7 Å². The fraction of sp³-hybridized carbons (Fsp3) is 0.316. The van der Waals surface area contributed by atoms with Crippen molar-refractivity contribution in [1.82, 2.24) is 10.6 Å². The monoisotopic (exact) mass is 453 g/mol. The zero-order valence-electron chi connectivity index (χ0n) is 14.5. The minimum atomic E-state index is 0.